The number of halogens is 3. The Labute approximate surface area is 190 Å². The molecule has 0 spiro atoms. The van der Waals surface area contributed by atoms with Crippen LogP contribution in [0.3, 0.4) is 0 Å². The number of benzene rings is 1. The number of aryl methyl sites for hydroxylation is 1. The normalized spacial score (nSPS) is 18.1. The van der Waals surface area contributed by atoms with E-state index < -0.39 is 30.1 Å². The Bertz CT molecular complexity index is 996. The van der Waals surface area contributed by atoms with Crippen molar-refractivity contribution in [1.82, 2.24) is 10.1 Å². The lowest BCUT2D eigenvalue weighted by Crippen LogP contribution is -2.45. The van der Waals surface area contributed by atoms with E-state index in [1.165, 1.54) is 35.2 Å². The van der Waals surface area contributed by atoms with E-state index in [-0.39, 0.29) is 24.4 Å². The van der Waals surface area contributed by atoms with Gasteiger partial charge in [0.2, 0.25) is 0 Å². The molecule has 0 saturated carbocycles. The predicted molar refractivity (Wildman–Crippen MR) is 111 cm³/mol. The van der Waals surface area contributed by atoms with Gasteiger partial charge in [-0.2, -0.15) is 8.78 Å². The summed E-state index contributed by atoms with van der Waals surface area (Å²) in [6.45, 7) is 0.349. The Balaban J connectivity index is 1.63. The molecule has 1 aliphatic heterocycles. The molecule has 2 heterocycles. The molecule has 2 atom stereocenters. The number of cyclic esters (lactones) is 1. The SMILES string of the molecule is O=C(O)c1cc(CCCN2C(=O)OCC[C@@H]2C=C[C@@H](O)C(F)(F)c2cccc(Br)c2)on1. The fraction of sp³-hybridized carbons (Fsp3) is 0.381. The van der Waals surface area contributed by atoms with E-state index in [4.69, 9.17) is 14.4 Å². The van der Waals surface area contributed by atoms with Crippen LogP contribution in [0.1, 0.15) is 34.7 Å². The van der Waals surface area contributed by atoms with Gasteiger partial charge in [-0.15, -0.1) is 0 Å². The molecular weight excluding hydrogens is 494 g/mol. The number of ether oxygens (including phenoxy) is 1. The summed E-state index contributed by atoms with van der Waals surface area (Å²) in [5, 5.41) is 22.4. The summed E-state index contributed by atoms with van der Waals surface area (Å²) in [5.41, 5.74) is -0.546. The van der Waals surface area contributed by atoms with E-state index >= 15 is 0 Å². The largest absolute Gasteiger partial charge is 0.476 e. The van der Waals surface area contributed by atoms with E-state index in [2.05, 4.69) is 21.1 Å². The quantitative estimate of drug-likeness (QED) is 0.486. The van der Waals surface area contributed by atoms with Gasteiger partial charge in [-0.3, -0.25) is 0 Å². The van der Waals surface area contributed by atoms with Crippen molar-refractivity contribution in [2.45, 2.75) is 37.3 Å². The molecular formula is C21H21BrF2N2O6. The second-order valence-corrected chi connectivity index (χ2v) is 8.13. The van der Waals surface area contributed by atoms with Crippen molar-refractivity contribution >= 4 is 28.0 Å². The highest BCUT2D eigenvalue weighted by molar-refractivity contribution is 9.10. The molecule has 0 bridgehead atoms. The molecule has 11 heteroatoms. The van der Waals surface area contributed by atoms with Crippen LogP contribution in [0.4, 0.5) is 13.6 Å². The first-order chi connectivity index (χ1) is 15.2. The van der Waals surface area contributed by atoms with Crippen molar-refractivity contribution in [2.75, 3.05) is 13.2 Å². The summed E-state index contributed by atoms with van der Waals surface area (Å²) in [6, 6.07) is 6.29. The number of hydrogen-bond acceptors (Lipinski definition) is 6. The molecule has 0 aliphatic carbocycles. The fourth-order valence-corrected chi connectivity index (χ4v) is 3.67. The van der Waals surface area contributed by atoms with Crippen LogP contribution < -0.4 is 0 Å². The van der Waals surface area contributed by atoms with Crippen molar-refractivity contribution in [1.29, 1.82) is 0 Å². The molecule has 1 amide bonds. The van der Waals surface area contributed by atoms with E-state index in [1.807, 2.05) is 0 Å². The summed E-state index contributed by atoms with van der Waals surface area (Å²) in [4.78, 5) is 24.4. The highest BCUT2D eigenvalue weighted by Gasteiger charge is 2.39. The van der Waals surface area contributed by atoms with Crippen LogP contribution in [-0.4, -0.2) is 57.6 Å². The van der Waals surface area contributed by atoms with E-state index in [0.29, 0.717) is 29.5 Å². The van der Waals surface area contributed by atoms with Gasteiger partial charge in [0.15, 0.2) is 5.69 Å². The molecule has 2 aromatic rings. The third kappa shape index (κ3) is 5.71. The Kier molecular flexibility index (Phi) is 7.62. The minimum atomic E-state index is -3.52. The zero-order valence-electron chi connectivity index (χ0n) is 16.8. The first-order valence-corrected chi connectivity index (χ1v) is 10.6. The highest BCUT2D eigenvalue weighted by atomic mass is 79.9. The van der Waals surface area contributed by atoms with Gasteiger partial charge in [0.1, 0.15) is 11.9 Å². The number of carboxylic acid groups (broad SMARTS) is 1. The number of carbonyl (C=O) groups excluding carboxylic acids is 1. The zero-order chi connectivity index (χ0) is 23.3. The molecule has 2 N–H and O–H groups in total. The second-order valence-electron chi connectivity index (χ2n) is 7.21. The number of carbonyl (C=O) groups is 2. The first-order valence-electron chi connectivity index (χ1n) is 9.81. The molecule has 3 rings (SSSR count). The maximum absolute atomic E-state index is 14.6. The Morgan fingerprint density at radius 3 is 2.88 bits per heavy atom. The van der Waals surface area contributed by atoms with Crippen molar-refractivity contribution in [3.63, 3.8) is 0 Å². The van der Waals surface area contributed by atoms with Gasteiger partial charge in [-0.1, -0.05) is 45.4 Å². The maximum Gasteiger partial charge on any atom is 0.410 e. The fourth-order valence-electron chi connectivity index (χ4n) is 3.27. The highest BCUT2D eigenvalue weighted by Crippen LogP contribution is 2.34. The minimum Gasteiger partial charge on any atom is -0.476 e. The van der Waals surface area contributed by atoms with Crippen molar-refractivity contribution in [3.8, 4) is 0 Å². The molecule has 172 valence electrons. The van der Waals surface area contributed by atoms with Gasteiger partial charge in [0, 0.05) is 35.5 Å². The second kappa shape index (κ2) is 10.2. The summed E-state index contributed by atoms with van der Waals surface area (Å²) in [7, 11) is 0. The number of aliphatic hydroxyl groups excluding tert-OH is 1. The number of aromatic nitrogens is 1. The van der Waals surface area contributed by atoms with Crippen LogP contribution in [-0.2, 0) is 17.1 Å². The van der Waals surface area contributed by atoms with Gasteiger partial charge in [0.05, 0.1) is 12.6 Å². The van der Waals surface area contributed by atoms with E-state index in [9.17, 15) is 23.5 Å². The lowest BCUT2D eigenvalue weighted by atomic mass is 10.0. The minimum absolute atomic E-state index is 0.131. The zero-order valence-corrected chi connectivity index (χ0v) is 18.4. The molecule has 1 aromatic heterocycles. The lowest BCUT2D eigenvalue weighted by Gasteiger charge is -2.33. The Morgan fingerprint density at radius 2 is 2.19 bits per heavy atom. The van der Waals surface area contributed by atoms with Crippen molar-refractivity contribution in [2.24, 2.45) is 0 Å². The number of alkyl halides is 2. The van der Waals surface area contributed by atoms with Gasteiger partial charge in [-0.25, -0.2) is 9.59 Å². The molecule has 1 fully saturated rings. The number of aliphatic hydroxyl groups is 1. The average Bonchev–Trinajstić information content (AvgIpc) is 3.23. The molecule has 32 heavy (non-hydrogen) atoms. The number of amides is 1. The van der Waals surface area contributed by atoms with E-state index in [0.717, 1.165) is 6.08 Å². The van der Waals surface area contributed by atoms with Crippen LogP contribution in [0.25, 0.3) is 0 Å². The lowest BCUT2D eigenvalue weighted by molar-refractivity contribution is -0.0930. The van der Waals surface area contributed by atoms with Crippen LogP contribution in [0, 0.1) is 0 Å². The van der Waals surface area contributed by atoms with Gasteiger partial charge < -0.3 is 24.4 Å². The van der Waals surface area contributed by atoms with Crippen molar-refractivity contribution < 1.29 is 37.8 Å². The standard InChI is InChI=1S/C21H21BrF2N2O6/c22-14-4-1-3-13(11-14)21(23,24)18(27)7-6-15-8-10-31-20(30)26(15)9-2-5-16-12-17(19(28)29)25-32-16/h1,3-4,6-7,11-12,15,18,27H,2,5,8-10H2,(H,28,29)/t15-,18+/m0/s1. The summed E-state index contributed by atoms with van der Waals surface area (Å²) >= 11 is 3.14. The molecule has 1 aromatic carbocycles. The third-order valence-corrected chi connectivity index (χ3v) is 5.46. The molecule has 1 saturated heterocycles. The van der Waals surface area contributed by atoms with Crippen LogP contribution >= 0.6 is 15.9 Å². The summed E-state index contributed by atoms with van der Waals surface area (Å²) < 4.78 is 39.7. The third-order valence-electron chi connectivity index (χ3n) is 4.97. The number of carboxylic acids is 1. The smallest absolute Gasteiger partial charge is 0.410 e. The van der Waals surface area contributed by atoms with Crippen LogP contribution in [0.2, 0.25) is 0 Å². The number of rotatable bonds is 9. The first kappa shape index (κ1) is 23.9. The van der Waals surface area contributed by atoms with Crippen LogP contribution in [0.5, 0.6) is 0 Å². The molecule has 0 radical (unpaired) electrons. The monoisotopic (exact) mass is 514 g/mol. The summed E-state index contributed by atoms with van der Waals surface area (Å²) in [6.07, 6.45) is 0.807. The van der Waals surface area contributed by atoms with Gasteiger partial charge in [0.25, 0.3) is 0 Å². The van der Waals surface area contributed by atoms with E-state index in [1.54, 1.807) is 6.07 Å². The molecule has 1 aliphatic rings. The van der Waals surface area contributed by atoms with Gasteiger partial charge >= 0.3 is 18.0 Å². The van der Waals surface area contributed by atoms with Crippen molar-refractivity contribution in [3.05, 3.63) is 64.0 Å². The molecule has 0 unspecified atom stereocenters. The Morgan fingerprint density at radius 1 is 1.41 bits per heavy atom. The number of hydrogen-bond donors (Lipinski definition) is 2. The number of aromatic carboxylic acids is 1. The summed E-state index contributed by atoms with van der Waals surface area (Å²) in [5.74, 6) is -4.37. The topological polar surface area (TPSA) is 113 Å². The van der Waals surface area contributed by atoms with Crippen LogP contribution in [0.15, 0.2) is 51.5 Å². The maximum atomic E-state index is 14.6. The molecule has 8 nitrogen and oxygen atoms in total. The number of nitrogens with zero attached hydrogens (tertiary/aromatic N) is 2. The predicted octanol–water partition coefficient (Wildman–Crippen LogP) is 3.99. The average molecular weight is 515 g/mol. The van der Waals surface area contributed by atoms with Gasteiger partial charge in [-0.05, 0) is 18.6 Å². The Hall–Kier alpha value is -2.79.